The smallest absolute Gasteiger partial charge is 0.00173 e. The average molecular weight is 231 g/mol. The summed E-state index contributed by atoms with van der Waals surface area (Å²) in [7, 11) is 0. The highest BCUT2D eigenvalue weighted by Gasteiger charge is 2.16. The Morgan fingerprint density at radius 2 is 2.12 bits per heavy atom. The maximum absolute atomic E-state index is 3.50. The van der Waals surface area contributed by atoms with E-state index < -0.39 is 0 Å². The highest BCUT2D eigenvalue weighted by molar-refractivity contribution is 5.28. The average Bonchev–Trinajstić information content (AvgIpc) is 2.29. The molecule has 1 unspecified atom stereocenters. The summed E-state index contributed by atoms with van der Waals surface area (Å²) in [4.78, 5) is 0. The summed E-state index contributed by atoms with van der Waals surface area (Å²) < 4.78 is 0. The second-order valence-electron chi connectivity index (χ2n) is 6.37. The molecular weight excluding hydrogens is 206 g/mol. The molecule has 1 N–H and O–H groups in total. The van der Waals surface area contributed by atoms with Crippen LogP contribution in [0, 0.1) is 5.92 Å². The van der Waals surface area contributed by atoms with Crippen LogP contribution >= 0.6 is 0 Å². The summed E-state index contributed by atoms with van der Waals surface area (Å²) >= 11 is 0. The Balaban J connectivity index is 2.05. The summed E-state index contributed by atoms with van der Waals surface area (Å²) in [5.74, 6) is 0.832. The summed E-state index contributed by atoms with van der Waals surface area (Å²) in [6.45, 7) is 9.26. The summed E-state index contributed by atoms with van der Waals surface area (Å²) in [5.41, 5.74) is 3.23. The molecule has 0 spiro atoms. The Kier molecular flexibility index (Phi) is 3.88. The van der Waals surface area contributed by atoms with E-state index in [4.69, 9.17) is 0 Å². The van der Waals surface area contributed by atoms with E-state index in [-0.39, 0.29) is 5.41 Å². The van der Waals surface area contributed by atoms with Gasteiger partial charge >= 0.3 is 0 Å². The van der Waals surface area contributed by atoms with Crippen molar-refractivity contribution >= 4 is 0 Å². The van der Waals surface area contributed by atoms with Crippen LogP contribution in [0.15, 0.2) is 24.3 Å². The quantitative estimate of drug-likeness (QED) is 0.821. The van der Waals surface area contributed by atoms with Crippen LogP contribution in [0.5, 0.6) is 0 Å². The Morgan fingerprint density at radius 3 is 2.76 bits per heavy atom. The lowest BCUT2D eigenvalue weighted by atomic mass is 9.84. The van der Waals surface area contributed by atoms with Crippen LogP contribution in [0.25, 0.3) is 0 Å². The number of nitrogens with one attached hydrogen (secondary N) is 1. The van der Waals surface area contributed by atoms with Crippen molar-refractivity contribution in [3.05, 3.63) is 35.4 Å². The van der Waals surface area contributed by atoms with E-state index >= 15 is 0 Å². The van der Waals surface area contributed by atoms with E-state index in [0.29, 0.717) is 0 Å². The fourth-order valence-electron chi connectivity index (χ4n) is 2.60. The molecular formula is C16H25N. The van der Waals surface area contributed by atoms with Gasteiger partial charge in [0.05, 0.1) is 0 Å². The fraction of sp³-hybridized carbons (Fsp3) is 0.625. The maximum atomic E-state index is 3.50. The molecule has 0 amide bonds. The van der Waals surface area contributed by atoms with Crippen molar-refractivity contribution in [3.63, 3.8) is 0 Å². The molecule has 17 heavy (non-hydrogen) atoms. The van der Waals surface area contributed by atoms with Crippen molar-refractivity contribution in [2.75, 3.05) is 13.1 Å². The normalized spacial score (nSPS) is 21.5. The van der Waals surface area contributed by atoms with E-state index in [1.807, 2.05) is 0 Å². The first-order valence-electron chi connectivity index (χ1n) is 6.86. The zero-order valence-corrected chi connectivity index (χ0v) is 11.4. The van der Waals surface area contributed by atoms with Gasteiger partial charge < -0.3 is 5.32 Å². The summed E-state index contributed by atoms with van der Waals surface area (Å²) in [6, 6.07) is 9.15. The first-order valence-corrected chi connectivity index (χ1v) is 6.86. The van der Waals surface area contributed by atoms with Crippen LogP contribution in [-0.2, 0) is 11.8 Å². The van der Waals surface area contributed by atoms with E-state index in [1.165, 1.54) is 43.5 Å². The third kappa shape index (κ3) is 3.57. The number of benzene rings is 1. The summed E-state index contributed by atoms with van der Waals surface area (Å²) in [5, 5.41) is 3.50. The number of hydrogen-bond acceptors (Lipinski definition) is 1. The van der Waals surface area contributed by atoms with Crippen molar-refractivity contribution in [1.29, 1.82) is 0 Å². The molecule has 0 bridgehead atoms. The summed E-state index contributed by atoms with van der Waals surface area (Å²) in [6.07, 6.45) is 3.95. The molecule has 1 heteroatoms. The minimum Gasteiger partial charge on any atom is -0.316 e. The molecule has 1 saturated heterocycles. The van der Waals surface area contributed by atoms with Crippen molar-refractivity contribution in [2.24, 2.45) is 5.92 Å². The zero-order valence-electron chi connectivity index (χ0n) is 11.4. The van der Waals surface area contributed by atoms with Crippen LogP contribution in [0.1, 0.15) is 44.7 Å². The van der Waals surface area contributed by atoms with Gasteiger partial charge in [0.2, 0.25) is 0 Å². The van der Waals surface area contributed by atoms with Crippen LogP contribution < -0.4 is 5.32 Å². The molecule has 1 nitrogen and oxygen atoms in total. The molecule has 1 atom stereocenters. The lowest BCUT2D eigenvalue weighted by Gasteiger charge is -2.24. The molecule has 0 aliphatic carbocycles. The van der Waals surface area contributed by atoms with Gasteiger partial charge in [-0.05, 0) is 54.8 Å². The molecule has 0 radical (unpaired) electrons. The van der Waals surface area contributed by atoms with Crippen molar-refractivity contribution < 1.29 is 0 Å². The van der Waals surface area contributed by atoms with Crippen LogP contribution in [0.2, 0.25) is 0 Å². The topological polar surface area (TPSA) is 12.0 Å². The van der Waals surface area contributed by atoms with Crippen LogP contribution in [0.3, 0.4) is 0 Å². The van der Waals surface area contributed by atoms with Gasteiger partial charge in [-0.15, -0.1) is 0 Å². The highest BCUT2D eigenvalue weighted by atomic mass is 14.9. The molecule has 1 fully saturated rings. The van der Waals surface area contributed by atoms with E-state index in [0.717, 1.165) is 5.92 Å². The Labute approximate surface area is 106 Å². The van der Waals surface area contributed by atoms with Crippen molar-refractivity contribution in [3.8, 4) is 0 Å². The third-order valence-corrected chi connectivity index (χ3v) is 3.72. The first-order chi connectivity index (χ1) is 8.05. The Morgan fingerprint density at radius 1 is 1.29 bits per heavy atom. The molecule has 2 rings (SSSR count). The first kappa shape index (κ1) is 12.6. The fourth-order valence-corrected chi connectivity index (χ4v) is 2.60. The van der Waals surface area contributed by atoms with Crippen LogP contribution in [-0.4, -0.2) is 13.1 Å². The molecule has 1 heterocycles. The number of rotatable bonds is 2. The number of piperidine rings is 1. The highest BCUT2D eigenvalue weighted by Crippen LogP contribution is 2.24. The van der Waals surface area contributed by atoms with Gasteiger partial charge in [0, 0.05) is 0 Å². The van der Waals surface area contributed by atoms with E-state index in [2.05, 4.69) is 50.4 Å². The second-order valence-corrected chi connectivity index (χ2v) is 6.37. The number of hydrogen-bond donors (Lipinski definition) is 1. The van der Waals surface area contributed by atoms with E-state index in [9.17, 15) is 0 Å². The van der Waals surface area contributed by atoms with Crippen molar-refractivity contribution in [2.45, 2.75) is 45.4 Å². The lowest BCUT2D eigenvalue weighted by Crippen LogP contribution is -2.30. The minimum absolute atomic E-state index is 0.265. The molecule has 1 aromatic carbocycles. The minimum atomic E-state index is 0.265. The van der Waals surface area contributed by atoms with Gasteiger partial charge in [-0.25, -0.2) is 0 Å². The molecule has 1 aliphatic heterocycles. The van der Waals surface area contributed by atoms with Gasteiger partial charge in [0.25, 0.3) is 0 Å². The van der Waals surface area contributed by atoms with Crippen LogP contribution in [0.4, 0.5) is 0 Å². The van der Waals surface area contributed by atoms with Gasteiger partial charge in [0.1, 0.15) is 0 Å². The predicted octanol–water partition coefficient (Wildman–Crippen LogP) is 3.53. The lowest BCUT2D eigenvalue weighted by molar-refractivity contribution is 0.376. The SMILES string of the molecule is CC(C)(C)c1cccc(CC2CCCNC2)c1. The maximum Gasteiger partial charge on any atom is -0.00173 e. The van der Waals surface area contributed by atoms with Crippen molar-refractivity contribution in [1.82, 2.24) is 5.32 Å². The largest absolute Gasteiger partial charge is 0.316 e. The van der Waals surface area contributed by atoms with Gasteiger partial charge in [-0.2, -0.15) is 0 Å². The molecule has 0 aromatic heterocycles. The van der Waals surface area contributed by atoms with Gasteiger partial charge in [0.15, 0.2) is 0 Å². The van der Waals surface area contributed by atoms with Gasteiger partial charge in [-0.3, -0.25) is 0 Å². The molecule has 0 saturated carbocycles. The Bertz CT molecular complexity index is 356. The second kappa shape index (κ2) is 5.22. The predicted molar refractivity (Wildman–Crippen MR) is 74.4 cm³/mol. The van der Waals surface area contributed by atoms with E-state index in [1.54, 1.807) is 0 Å². The monoisotopic (exact) mass is 231 g/mol. The third-order valence-electron chi connectivity index (χ3n) is 3.72. The molecule has 1 aromatic rings. The molecule has 94 valence electrons. The molecule has 1 aliphatic rings. The Hall–Kier alpha value is -0.820. The standard InChI is InChI=1S/C16H25N/c1-16(2,3)15-8-4-6-13(11-15)10-14-7-5-9-17-12-14/h4,6,8,11,14,17H,5,7,9-10,12H2,1-3H3. The van der Waals surface area contributed by atoms with Gasteiger partial charge in [-0.1, -0.05) is 45.0 Å². The zero-order chi connectivity index (χ0) is 12.3.